The van der Waals surface area contributed by atoms with E-state index >= 15 is 0 Å². The van der Waals surface area contributed by atoms with Crippen LogP contribution < -0.4 is 10.5 Å². The second kappa shape index (κ2) is 14.5. The van der Waals surface area contributed by atoms with Crippen LogP contribution in [-0.4, -0.2) is 70.5 Å². The molecule has 0 spiro atoms. The summed E-state index contributed by atoms with van der Waals surface area (Å²) in [5, 5.41) is 8.42. The van der Waals surface area contributed by atoms with Gasteiger partial charge in [0.05, 0.1) is 65.0 Å². The fraction of sp³-hybridized carbons (Fsp3) is 0.588. The molecule has 0 aromatic heterocycles. The minimum atomic E-state index is -0.868. The van der Waals surface area contributed by atoms with Crippen molar-refractivity contribution in [3.05, 3.63) is 24.3 Å². The number of hydrogen-bond donors (Lipinski definition) is 2. The molecule has 0 fully saturated rings. The molecule has 0 saturated heterocycles. The highest BCUT2D eigenvalue weighted by molar-refractivity contribution is 5.66. The molecular formula is C17H27NO7. The molecule has 1 rings (SSSR count). The summed E-state index contributed by atoms with van der Waals surface area (Å²) in [5.74, 6) is -0.210. The number of benzene rings is 1. The predicted octanol–water partition coefficient (Wildman–Crippen LogP) is 1.19. The molecule has 0 heterocycles. The van der Waals surface area contributed by atoms with Gasteiger partial charge >= 0.3 is 5.97 Å². The zero-order valence-electron chi connectivity index (χ0n) is 14.4. The molecule has 0 bridgehead atoms. The zero-order chi connectivity index (χ0) is 18.2. The van der Waals surface area contributed by atoms with E-state index in [0.29, 0.717) is 64.3 Å². The van der Waals surface area contributed by atoms with E-state index in [-0.39, 0.29) is 13.0 Å². The van der Waals surface area contributed by atoms with Crippen LogP contribution in [0.3, 0.4) is 0 Å². The van der Waals surface area contributed by atoms with E-state index in [1.165, 1.54) is 0 Å². The minimum Gasteiger partial charge on any atom is -0.489 e. The highest BCUT2D eigenvalue weighted by atomic mass is 16.6. The molecule has 0 radical (unpaired) electrons. The topological polar surface area (TPSA) is 109 Å². The van der Waals surface area contributed by atoms with Gasteiger partial charge in [-0.1, -0.05) is 12.1 Å². The summed E-state index contributed by atoms with van der Waals surface area (Å²) in [6.07, 6.45) is 0.00683. The van der Waals surface area contributed by atoms with Gasteiger partial charge in [0.2, 0.25) is 0 Å². The van der Waals surface area contributed by atoms with Crippen LogP contribution in [0.5, 0.6) is 5.75 Å². The molecule has 1 aromatic rings. The first-order valence-corrected chi connectivity index (χ1v) is 8.20. The number of carboxylic acids is 1. The average molecular weight is 357 g/mol. The third kappa shape index (κ3) is 12.2. The van der Waals surface area contributed by atoms with Crippen LogP contribution >= 0.6 is 0 Å². The van der Waals surface area contributed by atoms with E-state index in [2.05, 4.69) is 0 Å². The van der Waals surface area contributed by atoms with Crippen molar-refractivity contribution in [2.24, 2.45) is 0 Å². The maximum absolute atomic E-state index is 10.2. The van der Waals surface area contributed by atoms with E-state index in [4.69, 9.17) is 34.5 Å². The summed E-state index contributed by atoms with van der Waals surface area (Å²) >= 11 is 0. The lowest BCUT2D eigenvalue weighted by Crippen LogP contribution is -2.14. The monoisotopic (exact) mass is 357 g/mol. The maximum Gasteiger partial charge on any atom is 0.305 e. The van der Waals surface area contributed by atoms with Gasteiger partial charge in [0, 0.05) is 0 Å². The number of carboxylic acid groups (broad SMARTS) is 1. The third-order valence-electron chi connectivity index (χ3n) is 2.98. The lowest BCUT2D eigenvalue weighted by Gasteiger charge is -2.09. The standard InChI is InChI=1S/C17H27NO7/c18-15-3-1-2-4-16(15)25-14-13-24-12-11-23-10-9-22-8-7-21-6-5-17(19)20/h1-4H,5-14,18H2,(H,19,20). The molecule has 3 N–H and O–H groups in total. The third-order valence-corrected chi connectivity index (χ3v) is 2.98. The Morgan fingerprint density at radius 3 is 1.80 bits per heavy atom. The highest BCUT2D eigenvalue weighted by Crippen LogP contribution is 2.19. The summed E-state index contributed by atoms with van der Waals surface area (Å²) in [5.41, 5.74) is 6.37. The van der Waals surface area contributed by atoms with Gasteiger partial charge in [-0.25, -0.2) is 0 Å². The molecule has 8 heteroatoms. The van der Waals surface area contributed by atoms with Crippen LogP contribution in [0.2, 0.25) is 0 Å². The van der Waals surface area contributed by atoms with Gasteiger partial charge in [-0.05, 0) is 12.1 Å². The van der Waals surface area contributed by atoms with Crippen molar-refractivity contribution in [1.29, 1.82) is 0 Å². The van der Waals surface area contributed by atoms with Crippen molar-refractivity contribution in [1.82, 2.24) is 0 Å². The van der Waals surface area contributed by atoms with Crippen LogP contribution in [0.15, 0.2) is 24.3 Å². The Kier molecular flexibility index (Phi) is 12.3. The SMILES string of the molecule is Nc1ccccc1OCCOCCOCCOCCOCCC(=O)O. The van der Waals surface area contributed by atoms with Crippen LogP contribution in [0.4, 0.5) is 5.69 Å². The Morgan fingerprint density at radius 2 is 1.28 bits per heavy atom. The second-order valence-electron chi connectivity index (χ2n) is 4.98. The fourth-order valence-electron chi connectivity index (χ4n) is 1.74. The van der Waals surface area contributed by atoms with Crippen molar-refractivity contribution < 1.29 is 33.6 Å². The second-order valence-corrected chi connectivity index (χ2v) is 4.98. The minimum absolute atomic E-state index is 0.00683. The highest BCUT2D eigenvalue weighted by Gasteiger charge is 1.98. The normalized spacial score (nSPS) is 10.7. The quantitative estimate of drug-likeness (QED) is 0.335. The Labute approximate surface area is 147 Å². The Balaban J connectivity index is 1.77. The molecule has 0 unspecified atom stereocenters. The van der Waals surface area contributed by atoms with E-state index in [1.54, 1.807) is 6.07 Å². The van der Waals surface area contributed by atoms with Crippen molar-refractivity contribution in [3.8, 4) is 5.75 Å². The number of carbonyl (C=O) groups is 1. The van der Waals surface area contributed by atoms with Crippen molar-refractivity contribution >= 4 is 11.7 Å². The van der Waals surface area contributed by atoms with Crippen molar-refractivity contribution in [3.63, 3.8) is 0 Å². The van der Waals surface area contributed by atoms with Crippen molar-refractivity contribution in [2.75, 3.05) is 65.2 Å². The summed E-state index contributed by atoms with van der Waals surface area (Å²) < 4.78 is 26.6. The van der Waals surface area contributed by atoms with Gasteiger partial charge in [0.15, 0.2) is 0 Å². The van der Waals surface area contributed by atoms with Crippen LogP contribution in [0, 0.1) is 0 Å². The predicted molar refractivity (Wildman–Crippen MR) is 91.9 cm³/mol. The van der Waals surface area contributed by atoms with E-state index < -0.39 is 5.97 Å². The maximum atomic E-state index is 10.2. The van der Waals surface area contributed by atoms with Crippen LogP contribution in [-0.2, 0) is 23.7 Å². The van der Waals surface area contributed by atoms with E-state index in [9.17, 15) is 4.79 Å². The number of nitrogens with two attached hydrogens (primary N) is 1. The molecule has 0 amide bonds. The van der Waals surface area contributed by atoms with Gasteiger partial charge in [0.25, 0.3) is 0 Å². The molecule has 0 aliphatic carbocycles. The van der Waals surface area contributed by atoms with Gasteiger partial charge in [-0.2, -0.15) is 0 Å². The zero-order valence-corrected chi connectivity index (χ0v) is 14.4. The number of para-hydroxylation sites is 2. The van der Waals surface area contributed by atoms with Gasteiger partial charge in [0.1, 0.15) is 12.4 Å². The van der Waals surface area contributed by atoms with E-state index in [0.717, 1.165) is 0 Å². The lowest BCUT2D eigenvalue weighted by molar-refractivity contribution is -0.138. The molecule has 0 atom stereocenters. The molecule has 1 aromatic carbocycles. The summed E-state index contributed by atoms with van der Waals surface area (Å²) in [4.78, 5) is 10.2. The number of aliphatic carboxylic acids is 1. The summed E-state index contributed by atoms with van der Waals surface area (Å²) in [6, 6.07) is 7.32. The Morgan fingerprint density at radius 1 is 0.800 bits per heavy atom. The first kappa shape index (κ1) is 21.2. The smallest absolute Gasteiger partial charge is 0.305 e. The van der Waals surface area contributed by atoms with Crippen LogP contribution in [0.1, 0.15) is 6.42 Å². The molecule has 0 aliphatic heterocycles. The largest absolute Gasteiger partial charge is 0.489 e. The average Bonchev–Trinajstić information content (AvgIpc) is 2.59. The summed E-state index contributed by atoms with van der Waals surface area (Å²) in [7, 11) is 0. The molecule has 0 aliphatic rings. The van der Waals surface area contributed by atoms with Gasteiger partial charge < -0.3 is 34.5 Å². The number of nitrogen functional groups attached to an aromatic ring is 1. The van der Waals surface area contributed by atoms with Crippen LogP contribution in [0.25, 0.3) is 0 Å². The van der Waals surface area contributed by atoms with E-state index in [1.807, 2.05) is 18.2 Å². The lowest BCUT2D eigenvalue weighted by atomic mass is 10.3. The molecule has 142 valence electrons. The number of anilines is 1. The molecule has 0 saturated carbocycles. The Hall–Kier alpha value is -1.87. The first-order valence-electron chi connectivity index (χ1n) is 8.20. The Bertz CT molecular complexity index is 470. The van der Waals surface area contributed by atoms with Gasteiger partial charge in [-0.3, -0.25) is 4.79 Å². The molecular weight excluding hydrogens is 330 g/mol. The molecule has 25 heavy (non-hydrogen) atoms. The fourth-order valence-corrected chi connectivity index (χ4v) is 1.74. The number of ether oxygens (including phenoxy) is 5. The number of hydrogen-bond acceptors (Lipinski definition) is 7. The van der Waals surface area contributed by atoms with Crippen molar-refractivity contribution in [2.45, 2.75) is 6.42 Å². The van der Waals surface area contributed by atoms with Gasteiger partial charge in [-0.15, -0.1) is 0 Å². The molecule has 8 nitrogen and oxygen atoms in total. The first-order chi connectivity index (χ1) is 12.2. The number of rotatable bonds is 16. The summed E-state index contributed by atoms with van der Waals surface area (Å²) in [6.45, 7) is 3.77.